The minimum absolute atomic E-state index is 0.0328. The van der Waals surface area contributed by atoms with Gasteiger partial charge >= 0.3 is 0 Å². The molecule has 1 aliphatic carbocycles. The number of nitrogens with zero attached hydrogens (tertiary/aromatic N) is 1. The van der Waals surface area contributed by atoms with Crippen molar-refractivity contribution in [1.82, 2.24) is 4.90 Å². The van der Waals surface area contributed by atoms with E-state index in [1.165, 1.54) is 24.8 Å². The SMILES string of the molecule is C=C1CCC(N2Cc3c(CCCCCC(C)(C)C)cccc3C2=O)C(=O)C1. The molecule has 0 radical (unpaired) electrons. The molecule has 0 N–H and O–H groups in total. The van der Waals surface area contributed by atoms with E-state index in [1.807, 2.05) is 17.0 Å². The zero-order valence-corrected chi connectivity index (χ0v) is 17.1. The number of aryl methyl sites for hydroxylation is 1. The van der Waals surface area contributed by atoms with Crippen molar-refractivity contribution in [2.24, 2.45) is 5.41 Å². The molecule has 0 aromatic heterocycles. The highest BCUT2D eigenvalue weighted by atomic mass is 16.2. The molecular weight excluding hydrogens is 334 g/mol. The molecule has 3 heteroatoms. The topological polar surface area (TPSA) is 37.4 Å². The first-order valence-electron chi connectivity index (χ1n) is 10.4. The summed E-state index contributed by atoms with van der Waals surface area (Å²) in [6.07, 6.45) is 7.89. The van der Waals surface area contributed by atoms with Crippen LogP contribution in [0.2, 0.25) is 0 Å². The van der Waals surface area contributed by atoms with E-state index >= 15 is 0 Å². The quantitative estimate of drug-likeness (QED) is 0.494. The van der Waals surface area contributed by atoms with Crippen LogP contribution in [-0.4, -0.2) is 22.6 Å². The summed E-state index contributed by atoms with van der Waals surface area (Å²) >= 11 is 0. The fourth-order valence-corrected chi connectivity index (χ4v) is 4.34. The van der Waals surface area contributed by atoms with Gasteiger partial charge in [-0.2, -0.15) is 0 Å². The van der Waals surface area contributed by atoms with E-state index in [9.17, 15) is 9.59 Å². The number of hydrogen-bond acceptors (Lipinski definition) is 2. The summed E-state index contributed by atoms with van der Waals surface area (Å²) in [6.45, 7) is 11.4. The molecule has 1 heterocycles. The maximum atomic E-state index is 12.9. The van der Waals surface area contributed by atoms with Gasteiger partial charge in [0.2, 0.25) is 0 Å². The summed E-state index contributed by atoms with van der Waals surface area (Å²) < 4.78 is 0. The molecule has 1 atom stereocenters. The summed E-state index contributed by atoms with van der Waals surface area (Å²) in [4.78, 5) is 27.2. The molecular formula is C24H33NO2. The van der Waals surface area contributed by atoms with Crippen molar-refractivity contribution in [3.63, 3.8) is 0 Å². The average Bonchev–Trinajstić information content (AvgIpc) is 2.91. The largest absolute Gasteiger partial charge is 0.324 e. The van der Waals surface area contributed by atoms with Crippen LogP contribution in [0.1, 0.15) is 87.2 Å². The van der Waals surface area contributed by atoms with E-state index in [0.29, 0.717) is 18.4 Å². The molecule has 0 bridgehead atoms. The highest BCUT2D eigenvalue weighted by Gasteiger charge is 2.38. The molecule has 1 aromatic carbocycles. The van der Waals surface area contributed by atoms with E-state index in [0.717, 1.165) is 42.4 Å². The Morgan fingerprint density at radius 3 is 2.63 bits per heavy atom. The summed E-state index contributed by atoms with van der Waals surface area (Å²) in [5.74, 6) is 0.182. The van der Waals surface area contributed by atoms with Crippen molar-refractivity contribution >= 4 is 11.7 Å². The van der Waals surface area contributed by atoms with Crippen molar-refractivity contribution in [2.75, 3.05) is 0 Å². The molecule has 1 aliphatic heterocycles. The molecule has 1 saturated carbocycles. The molecule has 0 spiro atoms. The van der Waals surface area contributed by atoms with Gasteiger partial charge in [-0.25, -0.2) is 0 Å². The number of fused-ring (bicyclic) bond motifs is 1. The van der Waals surface area contributed by atoms with E-state index < -0.39 is 0 Å². The Labute approximate surface area is 163 Å². The predicted molar refractivity (Wildman–Crippen MR) is 110 cm³/mol. The first kappa shape index (κ1) is 19.9. The Morgan fingerprint density at radius 2 is 1.93 bits per heavy atom. The lowest BCUT2D eigenvalue weighted by molar-refractivity contribution is -0.124. The van der Waals surface area contributed by atoms with Gasteiger partial charge in [0.25, 0.3) is 5.91 Å². The van der Waals surface area contributed by atoms with Crippen LogP contribution in [0.25, 0.3) is 0 Å². The number of carbonyl (C=O) groups is 2. The number of Topliss-reactive ketones (excluding diaryl/α,β-unsaturated/α-hetero) is 1. The first-order chi connectivity index (χ1) is 12.8. The number of allylic oxidation sites excluding steroid dienone is 1. The third-order valence-electron chi connectivity index (χ3n) is 5.91. The van der Waals surface area contributed by atoms with Gasteiger partial charge < -0.3 is 4.90 Å². The summed E-state index contributed by atoms with van der Waals surface area (Å²) in [5, 5.41) is 0. The van der Waals surface area contributed by atoms with Crippen LogP contribution in [0.5, 0.6) is 0 Å². The van der Waals surface area contributed by atoms with Gasteiger partial charge in [-0.05, 0) is 54.7 Å². The zero-order chi connectivity index (χ0) is 19.6. The summed E-state index contributed by atoms with van der Waals surface area (Å²) in [5.41, 5.74) is 4.64. The van der Waals surface area contributed by atoms with Gasteiger partial charge in [0, 0.05) is 18.5 Å². The zero-order valence-electron chi connectivity index (χ0n) is 17.1. The van der Waals surface area contributed by atoms with Gasteiger partial charge in [0.15, 0.2) is 5.78 Å². The molecule has 0 saturated heterocycles. The number of benzene rings is 1. The van der Waals surface area contributed by atoms with Crippen LogP contribution in [0.4, 0.5) is 0 Å². The van der Waals surface area contributed by atoms with Gasteiger partial charge in [0.05, 0.1) is 6.04 Å². The first-order valence-corrected chi connectivity index (χ1v) is 10.4. The third kappa shape index (κ3) is 4.69. The fourth-order valence-electron chi connectivity index (χ4n) is 4.34. The number of unbranched alkanes of at least 4 members (excludes halogenated alkanes) is 2. The highest BCUT2D eigenvalue weighted by molar-refractivity contribution is 6.02. The van der Waals surface area contributed by atoms with Crippen molar-refractivity contribution in [3.8, 4) is 0 Å². The van der Waals surface area contributed by atoms with E-state index in [1.54, 1.807) is 0 Å². The molecule has 1 aromatic rings. The van der Waals surface area contributed by atoms with Gasteiger partial charge in [0.1, 0.15) is 0 Å². The normalized spacial score (nSPS) is 20.3. The van der Waals surface area contributed by atoms with Crippen LogP contribution in [-0.2, 0) is 17.8 Å². The van der Waals surface area contributed by atoms with Crippen LogP contribution in [0, 0.1) is 5.41 Å². The Hall–Kier alpha value is -1.90. The van der Waals surface area contributed by atoms with Gasteiger partial charge in [-0.15, -0.1) is 0 Å². The Morgan fingerprint density at radius 1 is 1.15 bits per heavy atom. The van der Waals surface area contributed by atoms with Crippen LogP contribution >= 0.6 is 0 Å². The smallest absolute Gasteiger partial charge is 0.255 e. The average molecular weight is 368 g/mol. The molecule has 2 aliphatic rings. The Bertz CT molecular complexity index is 741. The molecule has 1 amide bonds. The van der Waals surface area contributed by atoms with Crippen molar-refractivity contribution in [2.45, 2.75) is 84.7 Å². The lowest BCUT2D eigenvalue weighted by atomic mass is 9.89. The van der Waals surface area contributed by atoms with Crippen molar-refractivity contribution < 1.29 is 9.59 Å². The number of hydrogen-bond donors (Lipinski definition) is 0. The lowest BCUT2D eigenvalue weighted by Crippen LogP contribution is -2.43. The monoisotopic (exact) mass is 367 g/mol. The van der Waals surface area contributed by atoms with Crippen LogP contribution < -0.4 is 0 Å². The number of carbonyl (C=O) groups excluding carboxylic acids is 2. The minimum atomic E-state index is -0.268. The minimum Gasteiger partial charge on any atom is -0.324 e. The number of amides is 1. The maximum absolute atomic E-state index is 12.9. The van der Waals surface area contributed by atoms with Gasteiger partial charge in [-0.3, -0.25) is 9.59 Å². The van der Waals surface area contributed by atoms with Crippen LogP contribution in [0.3, 0.4) is 0 Å². The Kier molecular flexibility index (Phi) is 5.88. The fraction of sp³-hybridized carbons (Fsp3) is 0.583. The Balaban J connectivity index is 1.63. The van der Waals surface area contributed by atoms with Crippen molar-refractivity contribution in [3.05, 3.63) is 47.0 Å². The molecule has 1 unspecified atom stereocenters. The molecule has 27 heavy (non-hydrogen) atoms. The second-order valence-electron chi connectivity index (χ2n) is 9.45. The standard InChI is InChI=1S/C24H33NO2/c1-17-12-13-21(22(26)15-17)25-16-20-18(10-8-11-19(20)23(25)27)9-6-5-7-14-24(2,3)4/h8,10-11,21H,1,5-7,9,12-16H2,2-4H3. The van der Waals surface area contributed by atoms with E-state index in [-0.39, 0.29) is 17.7 Å². The molecule has 146 valence electrons. The molecule has 3 nitrogen and oxygen atoms in total. The van der Waals surface area contributed by atoms with E-state index in [2.05, 4.69) is 33.4 Å². The summed E-state index contributed by atoms with van der Waals surface area (Å²) in [6, 6.07) is 5.81. The lowest BCUT2D eigenvalue weighted by Gasteiger charge is -2.30. The second kappa shape index (κ2) is 8.00. The van der Waals surface area contributed by atoms with Crippen LogP contribution in [0.15, 0.2) is 30.4 Å². The van der Waals surface area contributed by atoms with E-state index in [4.69, 9.17) is 0 Å². The highest BCUT2D eigenvalue weighted by Crippen LogP contribution is 2.33. The molecule has 3 rings (SSSR count). The van der Waals surface area contributed by atoms with Gasteiger partial charge in [-0.1, -0.05) is 57.9 Å². The summed E-state index contributed by atoms with van der Waals surface area (Å²) in [7, 11) is 0. The molecule has 1 fully saturated rings. The number of ketones is 1. The third-order valence-corrected chi connectivity index (χ3v) is 5.91. The predicted octanol–water partition coefficient (Wildman–Crippen LogP) is 5.47. The van der Waals surface area contributed by atoms with Crippen molar-refractivity contribution in [1.29, 1.82) is 0 Å². The maximum Gasteiger partial charge on any atom is 0.255 e. The number of rotatable bonds is 6. The second-order valence-corrected chi connectivity index (χ2v) is 9.45.